The molecular weight excluding hydrogens is 440 g/mol. The highest BCUT2D eigenvalue weighted by Gasteiger charge is 2.54. The minimum absolute atomic E-state index is 0.00799. The number of aliphatic hydroxyl groups is 1. The molecule has 2 aromatic rings. The van der Waals surface area contributed by atoms with Crippen LogP contribution < -0.4 is 4.74 Å². The average Bonchev–Trinajstić information content (AvgIpc) is 3.16. The van der Waals surface area contributed by atoms with E-state index in [1.165, 1.54) is 0 Å². The quantitative estimate of drug-likeness (QED) is 0.373. The number of hydrogen-bond donors (Lipinski definition) is 2. The van der Waals surface area contributed by atoms with Crippen LogP contribution in [0.15, 0.2) is 42.5 Å². The highest BCUT2D eigenvalue weighted by atomic mass is 16.5. The van der Waals surface area contributed by atoms with Gasteiger partial charge in [-0.1, -0.05) is 44.2 Å². The molecule has 0 amide bonds. The molecule has 1 unspecified atom stereocenters. The molecule has 0 bridgehead atoms. The summed E-state index contributed by atoms with van der Waals surface area (Å²) in [5.74, 6) is 1.57. The number of hydrogen-bond acceptors (Lipinski definition) is 5. The molecule has 6 atom stereocenters. The van der Waals surface area contributed by atoms with Gasteiger partial charge in [-0.05, 0) is 85.3 Å². The fraction of sp³-hybridized carbons (Fsp3) is 0.567. The Bertz CT molecular complexity index is 1050. The number of phenols is 1. The van der Waals surface area contributed by atoms with Gasteiger partial charge in [-0.15, -0.1) is 0 Å². The van der Waals surface area contributed by atoms with E-state index in [0.29, 0.717) is 30.1 Å². The Morgan fingerprint density at radius 2 is 1.94 bits per heavy atom. The maximum atomic E-state index is 13.2. The molecule has 0 aromatic heterocycles. The monoisotopic (exact) mass is 478 g/mol. The molecule has 5 rings (SSSR count). The molecule has 5 nitrogen and oxygen atoms in total. The average molecular weight is 479 g/mol. The van der Waals surface area contributed by atoms with Gasteiger partial charge in [0.1, 0.15) is 11.5 Å². The molecule has 2 fully saturated rings. The van der Waals surface area contributed by atoms with Gasteiger partial charge in [-0.25, -0.2) is 0 Å². The Morgan fingerprint density at radius 1 is 1.14 bits per heavy atom. The minimum atomic E-state index is -0.361. The molecule has 3 aliphatic carbocycles. The van der Waals surface area contributed by atoms with Crippen LogP contribution in [0.3, 0.4) is 0 Å². The zero-order chi connectivity index (χ0) is 24.6. The van der Waals surface area contributed by atoms with E-state index < -0.39 is 0 Å². The highest BCUT2D eigenvalue weighted by Crippen LogP contribution is 2.62. The normalized spacial score (nSPS) is 30.1. The Morgan fingerprint density at radius 3 is 2.71 bits per heavy atom. The lowest BCUT2D eigenvalue weighted by Gasteiger charge is -2.50. The predicted molar refractivity (Wildman–Crippen MR) is 134 cm³/mol. The maximum absolute atomic E-state index is 13.2. The van der Waals surface area contributed by atoms with Crippen LogP contribution in [0.1, 0.15) is 87.5 Å². The van der Waals surface area contributed by atoms with E-state index in [2.05, 4.69) is 6.92 Å². The molecule has 35 heavy (non-hydrogen) atoms. The van der Waals surface area contributed by atoms with Crippen molar-refractivity contribution in [2.75, 3.05) is 6.61 Å². The first-order valence-electron chi connectivity index (χ1n) is 13.3. The lowest BCUT2D eigenvalue weighted by molar-refractivity contribution is -0.137. The zero-order valence-electron chi connectivity index (χ0n) is 20.9. The Kier molecular flexibility index (Phi) is 6.91. The predicted octanol–water partition coefficient (Wildman–Crippen LogP) is 6.07. The van der Waals surface area contributed by atoms with Crippen molar-refractivity contribution < 1.29 is 24.5 Å². The number of ether oxygens (including phenoxy) is 2. The van der Waals surface area contributed by atoms with Crippen molar-refractivity contribution in [2.24, 2.45) is 17.3 Å². The number of aryl methyl sites for hydroxylation is 1. The third-order valence-electron chi connectivity index (χ3n) is 8.99. The van der Waals surface area contributed by atoms with E-state index >= 15 is 0 Å². The molecule has 2 N–H and O–H groups in total. The standard InChI is InChI=1S/C30H38O5/c1-3-15-34-25(19-7-5-4-6-8-19)18-28(33)35-26-17-21(31)16-20-9-10-22-23(29(20)26)13-14-30(2)24(22)11-12-27(30)32/h4-8,16-17,22-25,27,31-32H,3,9-15,18H2,1-2H3/t22-,23+,24+,25?,27-,30+/m1/s1. The molecule has 0 radical (unpaired) electrons. The summed E-state index contributed by atoms with van der Waals surface area (Å²) in [7, 11) is 0. The van der Waals surface area contributed by atoms with Crippen molar-refractivity contribution in [2.45, 2.75) is 83.3 Å². The fourth-order valence-corrected chi connectivity index (χ4v) is 7.24. The summed E-state index contributed by atoms with van der Waals surface area (Å²) < 4.78 is 12.0. The second-order valence-corrected chi connectivity index (χ2v) is 11.0. The van der Waals surface area contributed by atoms with Crippen molar-refractivity contribution in [1.29, 1.82) is 0 Å². The Balaban J connectivity index is 1.39. The summed E-state index contributed by atoms with van der Waals surface area (Å²) in [6.45, 7) is 4.89. The summed E-state index contributed by atoms with van der Waals surface area (Å²) in [5, 5.41) is 21.1. The van der Waals surface area contributed by atoms with Crippen molar-refractivity contribution in [3.8, 4) is 11.5 Å². The molecule has 3 aliphatic rings. The number of benzene rings is 2. The summed E-state index contributed by atoms with van der Waals surface area (Å²) in [4.78, 5) is 13.2. The fourth-order valence-electron chi connectivity index (χ4n) is 7.24. The largest absolute Gasteiger partial charge is 0.508 e. The number of aliphatic hydroxyl groups excluding tert-OH is 1. The third-order valence-corrected chi connectivity index (χ3v) is 8.99. The van der Waals surface area contributed by atoms with Crippen LogP contribution in [0.25, 0.3) is 0 Å². The van der Waals surface area contributed by atoms with Crippen molar-refractivity contribution in [3.05, 3.63) is 59.2 Å². The van der Waals surface area contributed by atoms with Gasteiger partial charge in [-0.3, -0.25) is 4.79 Å². The van der Waals surface area contributed by atoms with Gasteiger partial charge in [0.15, 0.2) is 0 Å². The first-order valence-corrected chi connectivity index (χ1v) is 13.3. The second kappa shape index (κ2) is 9.94. The van der Waals surface area contributed by atoms with Gasteiger partial charge in [0.25, 0.3) is 0 Å². The van der Waals surface area contributed by atoms with Gasteiger partial charge >= 0.3 is 5.97 Å². The summed E-state index contributed by atoms with van der Waals surface area (Å²) >= 11 is 0. The topological polar surface area (TPSA) is 76.0 Å². The lowest BCUT2D eigenvalue weighted by atomic mass is 9.55. The summed E-state index contributed by atoms with van der Waals surface area (Å²) in [6.07, 6.45) is 6.24. The molecule has 188 valence electrons. The molecule has 2 aromatic carbocycles. The van der Waals surface area contributed by atoms with E-state index in [1.54, 1.807) is 6.07 Å². The van der Waals surface area contributed by atoms with E-state index in [-0.39, 0.29) is 35.8 Å². The molecule has 0 spiro atoms. The smallest absolute Gasteiger partial charge is 0.314 e. The van der Waals surface area contributed by atoms with Gasteiger partial charge in [0.2, 0.25) is 0 Å². The Hall–Kier alpha value is -2.37. The molecule has 5 heteroatoms. The van der Waals surface area contributed by atoms with Crippen LogP contribution in [0.4, 0.5) is 0 Å². The molecule has 0 heterocycles. The number of fused-ring (bicyclic) bond motifs is 5. The van der Waals surface area contributed by atoms with E-state index in [9.17, 15) is 15.0 Å². The number of rotatable bonds is 7. The molecule has 0 saturated heterocycles. The third kappa shape index (κ3) is 4.61. The van der Waals surface area contributed by atoms with Crippen LogP contribution in [-0.4, -0.2) is 28.9 Å². The summed E-state index contributed by atoms with van der Waals surface area (Å²) in [5.41, 5.74) is 3.15. The number of esters is 1. The van der Waals surface area contributed by atoms with Gasteiger partial charge in [-0.2, -0.15) is 0 Å². The van der Waals surface area contributed by atoms with E-state index in [1.807, 2.05) is 43.3 Å². The van der Waals surface area contributed by atoms with Crippen molar-refractivity contribution in [1.82, 2.24) is 0 Å². The van der Waals surface area contributed by atoms with Crippen LogP contribution in [0, 0.1) is 17.3 Å². The second-order valence-electron chi connectivity index (χ2n) is 11.0. The van der Waals surface area contributed by atoms with Crippen molar-refractivity contribution >= 4 is 5.97 Å². The number of carbonyl (C=O) groups excluding carboxylic acids is 1. The zero-order valence-corrected chi connectivity index (χ0v) is 20.9. The van der Waals surface area contributed by atoms with Crippen LogP contribution in [-0.2, 0) is 16.0 Å². The Labute approximate surface area is 208 Å². The van der Waals surface area contributed by atoms with Gasteiger partial charge in [0.05, 0.1) is 18.6 Å². The summed E-state index contributed by atoms with van der Waals surface area (Å²) in [6, 6.07) is 13.3. The van der Waals surface area contributed by atoms with Crippen molar-refractivity contribution in [3.63, 3.8) is 0 Å². The van der Waals surface area contributed by atoms with Gasteiger partial charge < -0.3 is 19.7 Å². The molecule has 0 aliphatic heterocycles. The van der Waals surface area contributed by atoms with Crippen LogP contribution in [0.2, 0.25) is 0 Å². The van der Waals surface area contributed by atoms with Crippen LogP contribution >= 0.6 is 0 Å². The van der Waals surface area contributed by atoms with Gasteiger partial charge in [0, 0.05) is 18.2 Å². The molecule has 2 saturated carbocycles. The first-order chi connectivity index (χ1) is 16.9. The number of phenolic OH excluding ortho intramolecular Hbond substituents is 1. The van der Waals surface area contributed by atoms with E-state index in [0.717, 1.165) is 61.6 Å². The number of aromatic hydroxyl groups is 1. The highest BCUT2D eigenvalue weighted by molar-refractivity contribution is 5.74. The van der Waals surface area contributed by atoms with Crippen LogP contribution in [0.5, 0.6) is 11.5 Å². The first kappa shape index (κ1) is 24.3. The van der Waals surface area contributed by atoms with E-state index in [4.69, 9.17) is 9.47 Å². The molecular formula is C30H38O5. The maximum Gasteiger partial charge on any atom is 0.314 e. The minimum Gasteiger partial charge on any atom is -0.508 e. The SMILES string of the molecule is CCCOC(CC(=O)Oc1cc(O)cc2c1[C@H]1CC[C@]3(C)[C@H](O)CC[C@H]3[C@@H]1CC2)c1ccccc1. The lowest BCUT2D eigenvalue weighted by Crippen LogP contribution is -2.44. The number of carbonyl (C=O) groups is 1.